The van der Waals surface area contributed by atoms with Crippen molar-refractivity contribution in [2.24, 2.45) is 0 Å². The van der Waals surface area contributed by atoms with E-state index in [1.807, 2.05) is 0 Å². The van der Waals surface area contributed by atoms with Crippen molar-refractivity contribution < 1.29 is 18.4 Å². The maximum absolute atomic E-state index is 13.8. The number of benzene rings is 2. The predicted molar refractivity (Wildman–Crippen MR) is 103 cm³/mol. The Labute approximate surface area is 166 Å². The van der Waals surface area contributed by atoms with Gasteiger partial charge >= 0.3 is 0 Å². The van der Waals surface area contributed by atoms with E-state index in [4.69, 9.17) is 20.9 Å². The summed E-state index contributed by atoms with van der Waals surface area (Å²) in [6.07, 6.45) is 0.474. The molecule has 1 atom stereocenters. The van der Waals surface area contributed by atoms with E-state index in [1.165, 1.54) is 19.2 Å². The van der Waals surface area contributed by atoms with E-state index in [0.29, 0.717) is 28.7 Å². The molecule has 0 unspecified atom stereocenters. The van der Waals surface area contributed by atoms with E-state index in [1.54, 1.807) is 37.3 Å². The Hall–Kier alpha value is -2.93. The third-order valence-corrected chi connectivity index (χ3v) is 4.44. The minimum Gasteiger partial charge on any atom is -0.494 e. The molecule has 1 N–H and O–H groups in total. The Morgan fingerprint density at radius 3 is 2.71 bits per heavy atom. The van der Waals surface area contributed by atoms with Crippen molar-refractivity contribution >= 4 is 17.5 Å². The SMILES string of the molecule is COc1ccc([C@H](C)NC(=O)CCc2nc(-c3ccc(Cl)cc3)no2)cc1F. The molecule has 1 heterocycles. The summed E-state index contributed by atoms with van der Waals surface area (Å²) in [7, 11) is 1.40. The van der Waals surface area contributed by atoms with Crippen molar-refractivity contribution in [1.29, 1.82) is 0 Å². The highest BCUT2D eigenvalue weighted by Crippen LogP contribution is 2.22. The van der Waals surface area contributed by atoms with Gasteiger partial charge in [-0.15, -0.1) is 0 Å². The zero-order chi connectivity index (χ0) is 20.1. The van der Waals surface area contributed by atoms with Crippen molar-refractivity contribution in [2.75, 3.05) is 7.11 Å². The average molecular weight is 404 g/mol. The van der Waals surface area contributed by atoms with Crippen LogP contribution in [0.25, 0.3) is 11.4 Å². The second-order valence-corrected chi connectivity index (χ2v) is 6.64. The van der Waals surface area contributed by atoms with Crippen LogP contribution in [0.4, 0.5) is 4.39 Å². The molecular weight excluding hydrogens is 385 g/mol. The van der Waals surface area contributed by atoms with Gasteiger partial charge in [0.25, 0.3) is 0 Å². The Balaban J connectivity index is 1.54. The minimum atomic E-state index is -0.471. The molecule has 1 amide bonds. The highest BCUT2D eigenvalue weighted by atomic mass is 35.5. The molecule has 0 aliphatic rings. The maximum atomic E-state index is 13.8. The zero-order valence-corrected chi connectivity index (χ0v) is 16.2. The first-order chi connectivity index (χ1) is 13.5. The predicted octanol–water partition coefficient (Wildman–Crippen LogP) is 4.35. The van der Waals surface area contributed by atoms with Crippen LogP contribution in [-0.2, 0) is 11.2 Å². The number of amides is 1. The summed E-state index contributed by atoms with van der Waals surface area (Å²) in [5.41, 5.74) is 1.42. The molecule has 0 radical (unpaired) electrons. The molecule has 0 saturated heterocycles. The summed E-state index contributed by atoms with van der Waals surface area (Å²) in [5.74, 6) is 0.296. The van der Waals surface area contributed by atoms with E-state index in [9.17, 15) is 9.18 Å². The first-order valence-electron chi connectivity index (χ1n) is 8.67. The highest BCUT2D eigenvalue weighted by molar-refractivity contribution is 6.30. The first-order valence-corrected chi connectivity index (χ1v) is 9.05. The second-order valence-electron chi connectivity index (χ2n) is 6.20. The monoisotopic (exact) mass is 403 g/mol. The number of carbonyl (C=O) groups excluding carboxylic acids is 1. The minimum absolute atomic E-state index is 0.162. The number of carbonyl (C=O) groups is 1. The van der Waals surface area contributed by atoms with Gasteiger partial charge in [0.15, 0.2) is 11.6 Å². The van der Waals surface area contributed by atoms with Gasteiger partial charge in [-0.25, -0.2) is 4.39 Å². The van der Waals surface area contributed by atoms with Gasteiger partial charge < -0.3 is 14.6 Å². The van der Waals surface area contributed by atoms with E-state index in [-0.39, 0.29) is 24.1 Å². The van der Waals surface area contributed by atoms with Crippen LogP contribution >= 0.6 is 11.6 Å². The van der Waals surface area contributed by atoms with Gasteiger partial charge in [-0.05, 0) is 48.9 Å². The Kier molecular flexibility index (Phi) is 6.26. The standard InChI is InChI=1S/C20H19ClFN3O3/c1-12(14-5-8-17(27-2)16(22)11-14)23-18(26)9-10-19-24-20(25-28-19)13-3-6-15(21)7-4-13/h3-8,11-12H,9-10H2,1-2H3,(H,23,26)/t12-/m0/s1. The van der Waals surface area contributed by atoms with Crippen LogP contribution in [0.2, 0.25) is 5.02 Å². The van der Waals surface area contributed by atoms with Crippen molar-refractivity contribution in [2.45, 2.75) is 25.8 Å². The van der Waals surface area contributed by atoms with Gasteiger partial charge in [0.1, 0.15) is 0 Å². The lowest BCUT2D eigenvalue weighted by atomic mass is 10.1. The molecule has 0 bridgehead atoms. The molecule has 0 spiro atoms. The van der Waals surface area contributed by atoms with Crippen LogP contribution in [0.5, 0.6) is 5.75 Å². The lowest BCUT2D eigenvalue weighted by Crippen LogP contribution is -2.26. The van der Waals surface area contributed by atoms with Gasteiger partial charge in [0.05, 0.1) is 13.2 Å². The first kappa shape index (κ1) is 19.8. The van der Waals surface area contributed by atoms with E-state index in [2.05, 4.69) is 15.5 Å². The van der Waals surface area contributed by atoms with Gasteiger partial charge in [0.2, 0.25) is 17.6 Å². The fraction of sp³-hybridized carbons (Fsp3) is 0.250. The number of halogens is 2. The molecule has 3 rings (SSSR count). The summed E-state index contributed by atoms with van der Waals surface area (Å²) in [6.45, 7) is 1.78. The molecule has 0 fully saturated rings. The van der Waals surface area contributed by atoms with Gasteiger partial charge in [-0.2, -0.15) is 4.98 Å². The number of hydrogen-bond donors (Lipinski definition) is 1. The van der Waals surface area contributed by atoms with Crippen LogP contribution in [0.3, 0.4) is 0 Å². The number of ether oxygens (including phenoxy) is 1. The number of rotatable bonds is 7. The highest BCUT2D eigenvalue weighted by Gasteiger charge is 2.14. The summed E-state index contributed by atoms with van der Waals surface area (Å²) < 4.78 is 23.9. The Morgan fingerprint density at radius 1 is 1.29 bits per heavy atom. The molecule has 2 aromatic carbocycles. The van der Waals surface area contributed by atoms with Gasteiger partial charge in [-0.3, -0.25) is 4.79 Å². The number of aromatic nitrogens is 2. The molecule has 0 aliphatic heterocycles. The summed E-state index contributed by atoms with van der Waals surface area (Å²) in [5, 5.41) is 7.36. The number of nitrogens with zero attached hydrogens (tertiary/aromatic N) is 2. The lowest BCUT2D eigenvalue weighted by molar-refractivity contribution is -0.121. The van der Waals surface area contributed by atoms with Crippen LogP contribution in [0.1, 0.15) is 30.8 Å². The maximum Gasteiger partial charge on any atom is 0.227 e. The molecule has 3 aromatic rings. The Bertz CT molecular complexity index is 960. The van der Waals surface area contributed by atoms with Crippen LogP contribution in [-0.4, -0.2) is 23.2 Å². The average Bonchev–Trinajstić information content (AvgIpc) is 3.16. The molecule has 8 heteroatoms. The number of hydrogen-bond acceptors (Lipinski definition) is 5. The van der Waals surface area contributed by atoms with E-state index >= 15 is 0 Å². The van der Waals surface area contributed by atoms with Gasteiger partial charge in [0, 0.05) is 23.4 Å². The molecule has 1 aromatic heterocycles. The van der Waals surface area contributed by atoms with Crippen molar-refractivity contribution in [1.82, 2.24) is 15.5 Å². The number of nitrogens with one attached hydrogen (secondary N) is 1. The zero-order valence-electron chi connectivity index (χ0n) is 15.4. The molecule has 28 heavy (non-hydrogen) atoms. The van der Waals surface area contributed by atoms with Crippen molar-refractivity contribution in [3.8, 4) is 17.1 Å². The van der Waals surface area contributed by atoms with Crippen LogP contribution < -0.4 is 10.1 Å². The largest absolute Gasteiger partial charge is 0.494 e. The molecule has 6 nitrogen and oxygen atoms in total. The van der Waals surface area contributed by atoms with Crippen LogP contribution in [0, 0.1) is 5.82 Å². The summed E-state index contributed by atoms with van der Waals surface area (Å²) in [6, 6.07) is 11.3. The smallest absolute Gasteiger partial charge is 0.227 e. The van der Waals surface area contributed by atoms with Crippen molar-refractivity contribution in [3.05, 3.63) is 64.8 Å². The summed E-state index contributed by atoms with van der Waals surface area (Å²) in [4.78, 5) is 16.5. The molecule has 0 saturated carbocycles. The van der Waals surface area contributed by atoms with E-state index in [0.717, 1.165) is 5.56 Å². The third-order valence-electron chi connectivity index (χ3n) is 4.19. The fourth-order valence-corrected chi connectivity index (χ4v) is 2.77. The van der Waals surface area contributed by atoms with Crippen LogP contribution in [0.15, 0.2) is 47.0 Å². The fourth-order valence-electron chi connectivity index (χ4n) is 2.64. The Morgan fingerprint density at radius 2 is 2.04 bits per heavy atom. The number of aryl methyl sites for hydroxylation is 1. The number of methoxy groups -OCH3 is 1. The lowest BCUT2D eigenvalue weighted by Gasteiger charge is -2.15. The molecule has 0 aliphatic carbocycles. The molecular formula is C20H19ClFN3O3. The van der Waals surface area contributed by atoms with Crippen molar-refractivity contribution in [3.63, 3.8) is 0 Å². The van der Waals surface area contributed by atoms with E-state index < -0.39 is 5.82 Å². The normalized spacial score (nSPS) is 11.9. The topological polar surface area (TPSA) is 77.2 Å². The quantitative estimate of drug-likeness (QED) is 0.634. The summed E-state index contributed by atoms with van der Waals surface area (Å²) >= 11 is 5.86. The molecule has 146 valence electrons. The second kappa shape index (κ2) is 8.84. The van der Waals surface area contributed by atoms with Gasteiger partial charge in [-0.1, -0.05) is 22.8 Å². The third kappa shape index (κ3) is 4.86.